The number of benzene rings is 1. The molecule has 2 heterocycles. The number of carbonyl (C=O) groups excluding carboxylic acids is 1. The van der Waals surface area contributed by atoms with Crippen LogP contribution in [0.15, 0.2) is 18.2 Å². The maximum absolute atomic E-state index is 12.8. The fourth-order valence-electron chi connectivity index (χ4n) is 3.55. The van der Waals surface area contributed by atoms with Gasteiger partial charge in [-0.15, -0.1) is 0 Å². The molecule has 0 aliphatic carbocycles. The van der Waals surface area contributed by atoms with Gasteiger partial charge in [-0.1, -0.05) is 6.07 Å². The number of amides is 1. The van der Waals surface area contributed by atoms with E-state index >= 15 is 0 Å². The molecule has 4 heteroatoms. The van der Waals surface area contributed by atoms with Gasteiger partial charge in [-0.25, -0.2) is 0 Å². The summed E-state index contributed by atoms with van der Waals surface area (Å²) in [5, 5.41) is 1.15. The summed E-state index contributed by atoms with van der Waals surface area (Å²) in [6, 6.07) is 6.64. The maximum atomic E-state index is 12.8. The van der Waals surface area contributed by atoms with Crippen LogP contribution in [-0.2, 0) is 0 Å². The van der Waals surface area contributed by atoms with Gasteiger partial charge in [-0.05, 0) is 37.1 Å². The highest BCUT2D eigenvalue weighted by atomic mass is 16.2. The summed E-state index contributed by atoms with van der Waals surface area (Å²) >= 11 is 0. The van der Waals surface area contributed by atoms with Gasteiger partial charge in [0.1, 0.15) is 5.69 Å². The molecule has 0 bridgehead atoms. The molecule has 2 N–H and O–H groups in total. The summed E-state index contributed by atoms with van der Waals surface area (Å²) in [5.41, 5.74) is 4.20. The van der Waals surface area contributed by atoms with Crippen molar-refractivity contribution in [2.24, 2.45) is 0 Å². The molecule has 1 fully saturated rings. The minimum absolute atomic E-state index is 0.109. The minimum atomic E-state index is 0.109. The standard InChI is InChI=1S/C18H25N3O/c1-12-9-13(2)15-11-17(19-16(15)10-12)18(22)21(4)14-5-7-20(3)8-6-14/h9-11,14,19H,5-8H2,1-4H3/p+1. The lowest BCUT2D eigenvalue weighted by molar-refractivity contribution is -0.885. The van der Waals surface area contributed by atoms with E-state index in [1.54, 1.807) is 4.90 Å². The minimum Gasteiger partial charge on any atom is -0.351 e. The first-order chi connectivity index (χ1) is 10.5. The highest BCUT2D eigenvalue weighted by Crippen LogP contribution is 2.23. The van der Waals surface area contributed by atoms with Crippen LogP contribution in [0.2, 0.25) is 0 Å². The van der Waals surface area contributed by atoms with Gasteiger partial charge in [-0.3, -0.25) is 4.79 Å². The molecule has 4 nitrogen and oxygen atoms in total. The van der Waals surface area contributed by atoms with E-state index in [1.807, 2.05) is 18.0 Å². The van der Waals surface area contributed by atoms with Crippen molar-refractivity contribution >= 4 is 16.8 Å². The van der Waals surface area contributed by atoms with Crippen molar-refractivity contribution in [1.29, 1.82) is 0 Å². The Labute approximate surface area is 132 Å². The molecule has 0 spiro atoms. The van der Waals surface area contributed by atoms with Gasteiger partial charge in [-0.2, -0.15) is 0 Å². The highest BCUT2D eigenvalue weighted by Gasteiger charge is 2.27. The van der Waals surface area contributed by atoms with E-state index in [2.05, 4.69) is 38.0 Å². The Bertz CT molecular complexity index is 696. The molecule has 3 rings (SSSR count). The zero-order valence-electron chi connectivity index (χ0n) is 14.0. The lowest BCUT2D eigenvalue weighted by atomic mass is 10.0. The number of likely N-dealkylation sites (tertiary alicyclic amines) is 1. The van der Waals surface area contributed by atoms with Crippen molar-refractivity contribution in [2.75, 3.05) is 27.2 Å². The van der Waals surface area contributed by atoms with Gasteiger partial charge >= 0.3 is 0 Å². The normalized spacial score (nSPS) is 22.0. The van der Waals surface area contributed by atoms with E-state index in [4.69, 9.17) is 0 Å². The summed E-state index contributed by atoms with van der Waals surface area (Å²) in [6.07, 6.45) is 2.18. The van der Waals surface area contributed by atoms with Crippen LogP contribution in [0.4, 0.5) is 0 Å². The van der Waals surface area contributed by atoms with Crippen LogP contribution in [0.1, 0.15) is 34.5 Å². The van der Waals surface area contributed by atoms with Crippen LogP contribution in [0.5, 0.6) is 0 Å². The van der Waals surface area contributed by atoms with E-state index in [-0.39, 0.29) is 5.91 Å². The average molecular weight is 300 g/mol. The summed E-state index contributed by atoms with van der Waals surface area (Å²) < 4.78 is 0. The van der Waals surface area contributed by atoms with E-state index in [1.165, 1.54) is 11.1 Å². The van der Waals surface area contributed by atoms with E-state index in [0.717, 1.165) is 36.8 Å². The molecule has 0 atom stereocenters. The number of fused-ring (bicyclic) bond motifs is 1. The first kappa shape index (κ1) is 15.1. The Kier molecular flexibility index (Phi) is 3.96. The molecule has 1 aliphatic heterocycles. The predicted octanol–water partition coefficient (Wildman–Crippen LogP) is 1.53. The summed E-state index contributed by atoms with van der Waals surface area (Å²) in [6.45, 7) is 6.48. The third kappa shape index (κ3) is 2.75. The molecule has 0 saturated carbocycles. The number of quaternary nitrogens is 1. The summed E-state index contributed by atoms with van der Waals surface area (Å²) in [4.78, 5) is 19.6. The molecule has 1 aromatic carbocycles. The Hall–Kier alpha value is -1.81. The molecule has 0 unspecified atom stereocenters. The van der Waals surface area contributed by atoms with Gasteiger partial charge in [0.2, 0.25) is 0 Å². The molecular weight excluding hydrogens is 274 g/mol. The van der Waals surface area contributed by atoms with Crippen LogP contribution in [-0.4, -0.2) is 49.0 Å². The molecule has 1 aliphatic rings. The number of H-pyrrole nitrogens is 1. The molecular formula is C18H26N3O+. The van der Waals surface area contributed by atoms with Crippen molar-refractivity contribution in [1.82, 2.24) is 9.88 Å². The highest BCUT2D eigenvalue weighted by molar-refractivity contribution is 5.99. The molecule has 22 heavy (non-hydrogen) atoms. The number of carbonyl (C=O) groups is 1. The zero-order chi connectivity index (χ0) is 15.9. The molecule has 1 aromatic heterocycles. The van der Waals surface area contributed by atoms with Crippen molar-refractivity contribution in [3.63, 3.8) is 0 Å². The quantitative estimate of drug-likeness (QED) is 0.868. The first-order valence-electron chi connectivity index (χ1n) is 8.14. The fourth-order valence-corrected chi connectivity index (χ4v) is 3.55. The average Bonchev–Trinajstić information content (AvgIpc) is 2.90. The van der Waals surface area contributed by atoms with Crippen LogP contribution in [0, 0.1) is 13.8 Å². The van der Waals surface area contributed by atoms with E-state index < -0.39 is 0 Å². The van der Waals surface area contributed by atoms with Gasteiger partial charge in [0, 0.05) is 36.8 Å². The Morgan fingerprint density at radius 3 is 2.59 bits per heavy atom. The second-order valence-electron chi connectivity index (χ2n) is 6.83. The van der Waals surface area contributed by atoms with E-state index in [9.17, 15) is 4.79 Å². The van der Waals surface area contributed by atoms with Gasteiger partial charge in [0.25, 0.3) is 5.91 Å². The Morgan fingerprint density at radius 2 is 1.91 bits per heavy atom. The molecule has 2 aromatic rings. The number of nitrogens with zero attached hydrogens (tertiary/aromatic N) is 1. The van der Waals surface area contributed by atoms with Crippen LogP contribution < -0.4 is 4.90 Å². The lowest BCUT2D eigenvalue weighted by Crippen LogP contribution is -3.10. The predicted molar refractivity (Wildman–Crippen MR) is 89.5 cm³/mol. The fraction of sp³-hybridized carbons (Fsp3) is 0.500. The van der Waals surface area contributed by atoms with Crippen molar-refractivity contribution in [2.45, 2.75) is 32.7 Å². The van der Waals surface area contributed by atoms with Gasteiger partial charge in [0.05, 0.1) is 20.1 Å². The number of aromatic amines is 1. The Morgan fingerprint density at radius 1 is 1.23 bits per heavy atom. The lowest BCUT2D eigenvalue weighted by Gasteiger charge is -2.33. The molecule has 118 valence electrons. The first-order valence-corrected chi connectivity index (χ1v) is 8.14. The van der Waals surface area contributed by atoms with Crippen LogP contribution in [0.25, 0.3) is 10.9 Å². The number of aryl methyl sites for hydroxylation is 2. The molecule has 1 saturated heterocycles. The third-order valence-corrected chi connectivity index (χ3v) is 5.00. The maximum Gasteiger partial charge on any atom is 0.270 e. The number of nitrogens with one attached hydrogen (secondary N) is 2. The number of aromatic nitrogens is 1. The molecule has 0 radical (unpaired) electrons. The number of hydrogen-bond donors (Lipinski definition) is 2. The number of rotatable bonds is 2. The van der Waals surface area contributed by atoms with Crippen molar-refractivity contribution < 1.29 is 9.69 Å². The second kappa shape index (κ2) is 5.76. The summed E-state index contributed by atoms with van der Waals surface area (Å²) in [5.74, 6) is 0.109. The third-order valence-electron chi connectivity index (χ3n) is 5.00. The van der Waals surface area contributed by atoms with E-state index in [0.29, 0.717) is 11.7 Å². The van der Waals surface area contributed by atoms with Gasteiger partial charge < -0.3 is 14.8 Å². The van der Waals surface area contributed by atoms with Crippen LogP contribution in [0.3, 0.4) is 0 Å². The summed E-state index contributed by atoms with van der Waals surface area (Å²) in [7, 11) is 4.16. The Balaban J connectivity index is 1.84. The second-order valence-corrected chi connectivity index (χ2v) is 6.83. The van der Waals surface area contributed by atoms with Crippen molar-refractivity contribution in [3.8, 4) is 0 Å². The number of hydrogen-bond acceptors (Lipinski definition) is 1. The topological polar surface area (TPSA) is 40.5 Å². The monoisotopic (exact) mass is 300 g/mol. The largest absolute Gasteiger partial charge is 0.351 e. The zero-order valence-corrected chi connectivity index (χ0v) is 14.0. The smallest absolute Gasteiger partial charge is 0.270 e. The number of piperidine rings is 1. The van der Waals surface area contributed by atoms with Gasteiger partial charge in [0.15, 0.2) is 0 Å². The van der Waals surface area contributed by atoms with Crippen LogP contribution >= 0.6 is 0 Å². The SMILES string of the molecule is Cc1cc(C)c2cc(C(=O)N(C)C3CC[NH+](C)CC3)[nH]c2c1. The molecule has 1 amide bonds. The van der Waals surface area contributed by atoms with Crippen molar-refractivity contribution in [3.05, 3.63) is 35.0 Å².